The predicted octanol–water partition coefficient (Wildman–Crippen LogP) is 1.92. The van der Waals surface area contributed by atoms with Crippen LogP contribution in [0, 0.1) is 25.7 Å². The van der Waals surface area contributed by atoms with Gasteiger partial charge < -0.3 is 0 Å². The van der Waals surface area contributed by atoms with Crippen molar-refractivity contribution in [3.63, 3.8) is 0 Å². The van der Waals surface area contributed by atoms with Crippen molar-refractivity contribution in [3.05, 3.63) is 0 Å². The number of rotatable bonds is 0. The Hall–Kier alpha value is -0.880. The van der Waals surface area contributed by atoms with Gasteiger partial charge in [0.2, 0.25) is 0 Å². The fourth-order valence-electron chi connectivity index (χ4n) is 0. The first-order chi connectivity index (χ1) is 3.41. The maximum Gasteiger partial charge on any atom is -0.0590 e. The van der Waals surface area contributed by atoms with Crippen LogP contribution in [0.25, 0.3) is 0 Å². The van der Waals surface area contributed by atoms with Crippen molar-refractivity contribution in [1.29, 1.82) is 0 Å². The zero-order chi connectivity index (χ0) is 6.71. The highest BCUT2D eigenvalue weighted by atomic mass is 13.4. The van der Waals surface area contributed by atoms with Gasteiger partial charge >= 0.3 is 0 Å². The van der Waals surface area contributed by atoms with Crippen LogP contribution in [0.4, 0.5) is 0 Å². The summed E-state index contributed by atoms with van der Waals surface area (Å²) >= 11 is 0. The normalized spacial score (nSPS) is 3.14. The van der Waals surface area contributed by atoms with Crippen molar-refractivity contribution < 1.29 is 0 Å². The summed E-state index contributed by atoms with van der Waals surface area (Å²) < 4.78 is 0. The van der Waals surface area contributed by atoms with Crippen LogP contribution >= 0.6 is 0 Å². The van der Waals surface area contributed by atoms with Gasteiger partial charge in [-0.15, -0.1) is 25.7 Å². The maximum atomic E-state index is 4.00. The summed E-state index contributed by atoms with van der Waals surface area (Å²) in [5.41, 5.74) is 0. The molecule has 0 heteroatoms. The SMILES string of the molecule is C#C.C#C.CCC. The molecule has 0 rings (SSSR count). The lowest BCUT2D eigenvalue weighted by Crippen LogP contribution is -1.27. The molecule has 0 saturated carbocycles. The van der Waals surface area contributed by atoms with Crippen LogP contribution in [0.15, 0.2) is 0 Å². The van der Waals surface area contributed by atoms with Crippen molar-refractivity contribution in [2.45, 2.75) is 20.3 Å². The van der Waals surface area contributed by atoms with E-state index in [2.05, 4.69) is 39.5 Å². The molecule has 0 aliphatic rings. The summed E-state index contributed by atoms with van der Waals surface area (Å²) in [5, 5.41) is 0. The Kier molecular flexibility index (Phi) is 14200. The van der Waals surface area contributed by atoms with Crippen LogP contribution in [0.5, 0.6) is 0 Å². The van der Waals surface area contributed by atoms with Gasteiger partial charge in [-0.3, -0.25) is 0 Å². The van der Waals surface area contributed by atoms with E-state index in [-0.39, 0.29) is 0 Å². The van der Waals surface area contributed by atoms with E-state index in [4.69, 9.17) is 0 Å². The minimum Gasteiger partial charge on any atom is -0.124 e. The van der Waals surface area contributed by atoms with Crippen molar-refractivity contribution in [2.24, 2.45) is 0 Å². The second-order valence-electron chi connectivity index (χ2n) is 0.707. The highest BCUT2D eigenvalue weighted by molar-refractivity contribution is 4.47. The molecule has 0 aromatic rings. The monoisotopic (exact) mass is 96.1 g/mol. The summed E-state index contributed by atoms with van der Waals surface area (Å²) in [5.74, 6) is 0. The highest BCUT2D eigenvalue weighted by Crippen LogP contribution is 1.56. The van der Waals surface area contributed by atoms with E-state index < -0.39 is 0 Å². The van der Waals surface area contributed by atoms with Gasteiger partial charge in [0, 0.05) is 0 Å². The Balaban J connectivity index is -0.0000000360. The molecule has 0 bridgehead atoms. The van der Waals surface area contributed by atoms with Crippen LogP contribution < -0.4 is 0 Å². The minimum absolute atomic E-state index is 1.25. The summed E-state index contributed by atoms with van der Waals surface area (Å²) in [6.07, 6.45) is 17.2. The molecule has 0 saturated heterocycles. The van der Waals surface area contributed by atoms with Gasteiger partial charge in [-0.1, -0.05) is 20.3 Å². The largest absolute Gasteiger partial charge is 0.124 e. The summed E-state index contributed by atoms with van der Waals surface area (Å²) in [7, 11) is 0. The average Bonchev–Trinajstić information content (AvgIpc) is 1.78. The average molecular weight is 96.2 g/mol. The molecule has 40 valence electrons. The minimum atomic E-state index is 1.25. The molecular weight excluding hydrogens is 84.1 g/mol. The quantitative estimate of drug-likeness (QED) is 0.404. The van der Waals surface area contributed by atoms with Crippen LogP contribution in [-0.4, -0.2) is 0 Å². The van der Waals surface area contributed by atoms with E-state index in [9.17, 15) is 0 Å². The second kappa shape index (κ2) is 6040. The van der Waals surface area contributed by atoms with Gasteiger partial charge in [-0.2, -0.15) is 0 Å². The molecule has 0 spiro atoms. The van der Waals surface area contributed by atoms with E-state index in [1.54, 1.807) is 0 Å². The molecule has 0 aromatic heterocycles. The zero-order valence-corrected chi connectivity index (χ0v) is 5.02. The van der Waals surface area contributed by atoms with E-state index in [1.165, 1.54) is 6.42 Å². The van der Waals surface area contributed by atoms with Crippen LogP contribution in [0.2, 0.25) is 0 Å². The van der Waals surface area contributed by atoms with Gasteiger partial charge in [0.15, 0.2) is 0 Å². The molecule has 0 amide bonds. The Bertz CT molecular complexity index is 23.8. The summed E-state index contributed by atoms with van der Waals surface area (Å²) in [6.45, 7) is 4.25. The third kappa shape index (κ3) is 64.4. The van der Waals surface area contributed by atoms with E-state index in [0.717, 1.165) is 0 Å². The van der Waals surface area contributed by atoms with Gasteiger partial charge in [0.05, 0.1) is 0 Å². The maximum absolute atomic E-state index is 4.00. The molecule has 0 aliphatic heterocycles. The first kappa shape index (κ1) is 16.5. The zero-order valence-electron chi connectivity index (χ0n) is 5.02. The summed E-state index contributed by atoms with van der Waals surface area (Å²) in [6, 6.07) is 0. The Morgan fingerprint density at radius 3 is 0.857 bits per heavy atom. The van der Waals surface area contributed by atoms with Crippen molar-refractivity contribution in [2.75, 3.05) is 0 Å². The van der Waals surface area contributed by atoms with Gasteiger partial charge in [-0.25, -0.2) is 0 Å². The second-order valence-corrected chi connectivity index (χ2v) is 0.707. The number of hydrogen-bond acceptors (Lipinski definition) is 0. The third-order valence-electron chi connectivity index (χ3n) is 0. The molecule has 0 nitrogen and oxygen atoms in total. The molecule has 0 N–H and O–H groups in total. The van der Waals surface area contributed by atoms with Gasteiger partial charge in [-0.05, 0) is 0 Å². The highest BCUT2D eigenvalue weighted by Gasteiger charge is 1.35. The van der Waals surface area contributed by atoms with Crippen LogP contribution in [-0.2, 0) is 0 Å². The third-order valence-corrected chi connectivity index (χ3v) is 0. The molecule has 0 heterocycles. The Morgan fingerprint density at radius 2 is 0.857 bits per heavy atom. The van der Waals surface area contributed by atoms with Gasteiger partial charge in [0.1, 0.15) is 0 Å². The van der Waals surface area contributed by atoms with E-state index in [1.807, 2.05) is 0 Å². The molecule has 0 aliphatic carbocycles. The molecule has 0 aromatic carbocycles. The van der Waals surface area contributed by atoms with E-state index >= 15 is 0 Å². The first-order valence-corrected chi connectivity index (χ1v) is 2.08. The standard InChI is InChI=1S/C3H8.2C2H2/c1-3-2;2*1-2/h3H2,1-2H3;2*1-2H. The lowest BCUT2D eigenvalue weighted by atomic mass is 10.6. The summed E-state index contributed by atoms with van der Waals surface area (Å²) in [4.78, 5) is 0. The molecule has 0 unspecified atom stereocenters. The molecule has 7 heavy (non-hydrogen) atoms. The first-order valence-electron chi connectivity index (χ1n) is 2.08. The number of hydrogen-bond donors (Lipinski definition) is 0. The number of terminal acetylenes is 2. The van der Waals surface area contributed by atoms with Crippen LogP contribution in [0.3, 0.4) is 0 Å². The lowest BCUT2D eigenvalue weighted by molar-refractivity contribution is 1.09. The smallest absolute Gasteiger partial charge is 0.0590 e. The predicted molar refractivity (Wildman–Crippen MR) is 35.7 cm³/mol. The topological polar surface area (TPSA) is 0 Å². The molecule has 0 radical (unpaired) electrons. The lowest BCUT2D eigenvalue weighted by Gasteiger charge is -1.48. The van der Waals surface area contributed by atoms with Crippen molar-refractivity contribution >= 4 is 0 Å². The fourth-order valence-corrected chi connectivity index (χ4v) is 0. The van der Waals surface area contributed by atoms with Crippen LogP contribution in [0.1, 0.15) is 20.3 Å². The fraction of sp³-hybridized carbons (Fsp3) is 0.429. The van der Waals surface area contributed by atoms with E-state index in [0.29, 0.717) is 0 Å². The molecular formula is C7H12. The Labute approximate surface area is 46.9 Å². The Morgan fingerprint density at radius 1 is 0.857 bits per heavy atom. The molecule has 0 fully saturated rings. The van der Waals surface area contributed by atoms with Crippen molar-refractivity contribution in [1.82, 2.24) is 0 Å². The van der Waals surface area contributed by atoms with Crippen molar-refractivity contribution in [3.8, 4) is 25.7 Å². The van der Waals surface area contributed by atoms with Gasteiger partial charge in [0.25, 0.3) is 0 Å². The molecule has 0 atom stereocenters.